The van der Waals surface area contributed by atoms with Crippen LogP contribution in [0.15, 0.2) is 42.5 Å². The maximum absolute atomic E-state index is 13.1. The number of halogens is 2. The lowest BCUT2D eigenvalue weighted by Crippen LogP contribution is -2.12. The summed E-state index contributed by atoms with van der Waals surface area (Å²) < 4.78 is 13.1. The zero-order chi connectivity index (χ0) is 15.2. The molecule has 0 fully saturated rings. The molecule has 2 rings (SSSR count). The highest BCUT2D eigenvalue weighted by atomic mass is 35.5. The lowest BCUT2D eigenvalue weighted by molar-refractivity contribution is 0.102. The molecule has 0 radical (unpaired) electrons. The number of carbonyl (C=O) groups excluding carboxylic acids is 1. The molecule has 106 valence electrons. The quantitative estimate of drug-likeness (QED) is 0.838. The average molecular weight is 304 g/mol. The molecule has 1 amide bonds. The van der Waals surface area contributed by atoms with E-state index >= 15 is 0 Å². The number of aliphatic hydroxyl groups excluding tert-OH is 1. The summed E-state index contributed by atoms with van der Waals surface area (Å²) >= 11 is 5.65. The first-order valence-corrected chi connectivity index (χ1v) is 6.44. The molecule has 0 unspecified atom stereocenters. The molecular weight excluding hydrogens is 293 g/mol. The fraction of sp³-hybridized carbons (Fsp3) is 0.0625. The number of benzene rings is 2. The molecule has 21 heavy (non-hydrogen) atoms. The van der Waals surface area contributed by atoms with Crippen LogP contribution in [0.5, 0.6) is 0 Å². The van der Waals surface area contributed by atoms with Crippen LogP contribution in [0.25, 0.3) is 0 Å². The molecule has 0 aliphatic heterocycles. The van der Waals surface area contributed by atoms with Gasteiger partial charge in [-0.2, -0.15) is 0 Å². The lowest BCUT2D eigenvalue weighted by atomic mass is 10.1. The Hall–Kier alpha value is -2.35. The van der Waals surface area contributed by atoms with Gasteiger partial charge in [-0.3, -0.25) is 4.79 Å². The van der Waals surface area contributed by atoms with Crippen molar-refractivity contribution in [1.29, 1.82) is 0 Å². The minimum Gasteiger partial charge on any atom is -0.384 e. The molecule has 0 spiro atoms. The molecule has 0 heterocycles. The standard InChI is InChI=1S/C16H11ClFNO2/c17-14-10-12(6-7-15(14)18)16(21)19-13-5-1-3-11(9-13)4-2-8-20/h1,3,5-7,9-10,20H,8H2,(H,19,21). The zero-order valence-electron chi connectivity index (χ0n) is 10.9. The van der Waals surface area contributed by atoms with Crippen LogP contribution in [0.1, 0.15) is 15.9 Å². The summed E-state index contributed by atoms with van der Waals surface area (Å²) in [4.78, 5) is 12.0. The molecule has 0 aliphatic rings. The van der Waals surface area contributed by atoms with Crippen molar-refractivity contribution in [2.75, 3.05) is 11.9 Å². The second-order valence-corrected chi connectivity index (χ2v) is 4.53. The minimum atomic E-state index is -0.575. The summed E-state index contributed by atoms with van der Waals surface area (Å²) in [7, 11) is 0. The molecule has 0 saturated carbocycles. The molecule has 2 aromatic carbocycles. The van der Waals surface area contributed by atoms with E-state index in [0.29, 0.717) is 11.3 Å². The summed E-state index contributed by atoms with van der Waals surface area (Å²) in [5.41, 5.74) is 1.47. The van der Waals surface area contributed by atoms with Crippen molar-refractivity contribution in [3.05, 3.63) is 64.4 Å². The van der Waals surface area contributed by atoms with Crippen molar-refractivity contribution >= 4 is 23.2 Å². The monoisotopic (exact) mass is 303 g/mol. The van der Waals surface area contributed by atoms with Crippen LogP contribution in [-0.2, 0) is 0 Å². The molecule has 0 atom stereocenters. The van der Waals surface area contributed by atoms with Gasteiger partial charge in [-0.1, -0.05) is 29.5 Å². The summed E-state index contributed by atoms with van der Waals surface area (Å²) in [6, 6.07) is 10.6. The Labute approximate surface area is 126 Å². The van der Waals surface area contributed by atoms with Gasteiger partial charge in [-0.25, -0.2) is 4.39 Å². The highest BCUT2D eigenvalue weighted by Gasteiger charge is 2.09. The molecule has 0 aliphatic carbocycles. The third kappa shape index (κ3) is 4.06. The van der Waals surface area contributed by atoms with Crippen molar-refractivity contribution in [1.82, 2.24) is 0 Å². The lowest BCUT2D eigenvalue weighted by Gasteiger charge is -2.06. The second kappa shape index (κ2) is 6.89. The van der Waals surface area contributed by atoms with Crippen LogP contribution < -0.4 is 5.32 Å². The van der Waals surface area contributed by atoms with Crippen LogP contribution >= 0.6 is 11.6 Å². The van der Waals surface area contributed by atoms with Gasteiger partial charge < -0.3 is 10.4 Å². The van der Waals surface area contributed by atoms with Crippen LogP contribution in [0.2, 0.25) is 5.02 Å². The molecule has 2 N–H and O–H groups in total. The predicted octanol–water partition coefficient (Wildman–Crippen LogP) is 3.08. The van der Waals surface area contributed by atoms with Gasteiger partial charge in [0.2, 0.25) is 0 Å². The summed E-state index contributed by atoms with van der Waals surface area (Å²) in [6.07, 6.45) is 0. The Morgan fingerprint density at radius 2 is 2.10 bits per heavy atom. The third-order valence-corrected chi connectivity index (χ3v) is 2.90. The first kappa shape index (κ1) is 15.0. The number of hydrogen-bond donors (Lipinski definition) is 2. The van der Waals surface area contributed by atoms with Gasteiger partial charge in [0.1, 0.15) is 12.4 Å². The van der Waals surface area contributed by atoms with Gasteiger partial charge in [0.05, 0.1) is 5.02 Å². The van der Waals surface area contributed by atoms with Crippen LogP contribution in [0, 0.1) is 17.7 Å². The predicted molar refractivity (Wildman–Crippen MR) is 79.8 cm³/mol. The zero-order valence-corrected chi connectivity index (χ0v) is 11.6. The van der Waals surface area contributed by atoms with E-state index in [0.717, 1.165) is 6.07 Å². The second-order valence-electron chi connectivity index (χ2n) is 4.12. The Bertz CT molecular complexity index is 735. The normalized spacial score (nSPS) is 9.67. The highest BCUT2D eigenvalue weighted by molar-refractivity contribution is 6.31. The van der Waals surface area contributed by atoms with Crippen LogP contribution in [-0.4, -0.2) is 17.6 Å². The molecule has 0 saturated heterocycles. The van der Waals surface area contributed by atoms with E-state index in [1.165, 1.54) is 12.1 Å². The van der Waals surface area contributed by atoms with Crippen LogP contribution in [0.3, 0.4) is 0 Å². The topological polar surface area (TPSA) is 49.3 Å². The van der Waals surface area contributed by atoms with E-state index in [1.54, 1.807) is 24.3 Å². The Balaban J connectivity index is 2.17. The first-order chi connectivity index (χ1) is 10.1. The number of amides is 1. The fourth-order valence-electron chi connectivity index (χ4n) is 1.66. The van der Waals surface area contributed by atoms with Crippen LogP contribution in [0.4, 0.5) is 10.1 Å². The Kier molecular flexibility index (Phi) is 4.94. The largest absolute Gasteiger partial charge is 0.384 e. The number of rotatable bonds is 2. The van der Waals surface area contributed by atoms with Gasteiger partial charge in [0, 0.05) is 16.8 Å². The van der Waals surface area contributed by atoms with E-state index in [2.05, 4.69) is 17.2 Å². The maximum atomic E-state index is 13.1. The molecule has 0 bridgehead atoms. The number of hydrogen-bond acceptors (Lipinski definition) is 2. The molecule has 0 aromatic heterocycles. The van der Waals surface area contributed by atoms with Gasteiger partial charge in [0.15, 0.2) is 0 Å². The Morgan fingerprint density at radius 1 is 1.29 bits per heavy atom. The smallest absolute Gasteiger partial charge is 0.255 e. The van der Waals surface area contributed by atoms with Gasteiger partial charge >= 0.3 is 0 Å². The number of nitrogens with one attached hydrogen (secondary N) is 1. The molecular formula is C16H11ClFNO2. The van der Waals surface area contributed by atoms with E-state index in [-0.39, 0.29) is 17.2 Å². The highest BCUT2D eigenvalue weighted by Crippen LogP contribution is 2.17. The average Bonchev–Trinajstić information content (AvgIpc) is 2.48. The van der Waals surface area contributed by atoms with Crippen molar-refractivity contribution in [2.24, 2.45) is 0 Å². The van der Waals surface area contributed by atoms with Crippen molar-refractivity contribution in [2.45, 2.75) is 0 Å². The minimum absolute atomic E-state index is 0.106. The van der Waals surface area contributed by atoms with E-state index in [9.17, 15) is 9.18 Å². The third-order valence-electron chi connectivity index (χ3n) is 2.61. The number of aliphatic hydroxyl groups is 1. The number of anilines is 1. The maximum Gasteiger partial charge on any atom is 0.255 e. The van der Waals surface area contributed by atoms with Crippen molar-refractivity contribution < 1.29 is 14.3 Å². The number of carbonyl (C=O) groups is 1. The Morgan fingerprint density at radius 3 is 2.81 bits per heavy atom. The van der Waals surface area contributed by atoms with E-state index < -0.39 is 11.7 Å². The van der Waals surface area contributed by atoms with Crippen molar-refractivity contribution in [3.63, 3.8) is 0 Å². The molecule has 5 heteroatoms. The fourth-order valence-corrected chi connectivity index (χ4v) is 1.84. The van der Waals surface area contributed by atoms with Gasteiger partial charge in [0.25, 0.3) is 5.91 Å². The molecule has 3 nitrogen and oxygen atoms in total. The van der Waals surface area contributed by atoms with Gasteiger partial charge in [-0.05, 0) is 36.4 Å². The summed E-state index contributed by atoms with van der Waals surface area (Å²) in [6.45, 7) is -0.231. The SMILES string of the molecule is O=C(Nc1cccc(C#CCO)c1)c1ccc(F)c(Cl)c1. The van der Waals surface area contributed by atoms with E-state index in [1.807, 2.05) is 0 Å². The summed E-state index contributed by atoms with van der Waals surface area (Å²) in [5.74, 6) is 4.29. The molecule has 2 aromatic rings. The van der Waals surface area contributed by atoms with Gasteiger partial charge in [-0.15, -0.1) is 0 Å². The summed E-state index contributed by atoms with van der Waals surface area (Å²) in [5, 5.41) is 11.2. The first-order valence-electron chi connectivity index (χ1n) is 6.06. The van der Waals surface area contributed by atoms with E-state index in [4.69, 9.17) is 16.7 Å². The van der Waals surface area contributed by atoms with Crippen molar-refractivity contribution in [3.8, 4) is 11.8 Å².